The second kappa shape index (κ2) is 8.62. The van der Waals surface area contributed by atoms with Crippen molar-refractivity contribution >= 4 is 17.2 Å². The average molecular weight is 325 g/mol. The number of amides is 1. The first-order valence-corrected chi connectivity index (χ1v) is 8.74. The van der Waals surface area contributed by atoms with Crippen molar-refractivity contribution in [3.8, 4) is 0 Å². The molecule has 0 aliphatic carbocycles. The Labute approximate surface area is 137 Å². The third-order valence-corrected chi connectivity index (χ3v) is 4.85. The molecule has 0 unspecified atom stereocenters. The topological polar surface area (TPSA) is 44.8 Å². The molecule has 2 rings (SSSR count). The van der Waals surface area contributed by atoms with Crippen LogP contribution in [0.25, 0.3) is 0 Å². The largest absolute Gasteiger partial charge is 0.374 e. The Kier molecular flexibility index (Phi) is 6.82. The van der Waals surface area contributed by atoms with E-state index in [-0.39, 0.29) is 18.1 Å². The summed E-state index contributed by atoms with van der Waals surface area (Å²) in [6, 6.07) is 4.05. The van der Waals surface area contributed by atoms with Gasteiger partial charge in [-0.3, -0.25) is 9.69 Å². The predicted molar refractivity (Wildman–Crippen MR) is 90.4 cm³/mol. The molecule has 0 radical (unpaired) electrons. The molecule has 2 atom stereocenters. The third-order valence-electron chi connectivity index (χ3n) is 3.92. The van der Waals surface area contributed by atoms with Crippen LogP contribution in [0.15, 0.2) is 17.5 Å². The average Bonchev–Trinajstić information content (AvgIpc) is 2.99. The fraction of sp³-hybridized carbons (Fsp3) is 0.688. The van der Waals surface area contributed by atoms with E-state index in [9.17, 15) is 4.79 Å². The van der Waals surface area contributed by atoms with Crippen molar-refractivity contribution in [2.24, 2.45) is 0 Å². The first-order chi connectivity index (χ1) is 10.6. The smallest absolute Gasteiger partial charge is 0.237 e. The molecular weight excluding hydrogens is 298 g/mol. The minimum Gasteiger partial charge on any atom is -0.374 e. The number of nitrogens with one attached hydrogen (secondary N) is 1. The van der Waals surface area contributed by atoms with Gasteiger partial charge in [0.05, 0.1) is 18.8 Å². The van der Waals surface area contributed by atoms with E-state index in [1.807, 2.05) is 27.1 Å². The first-order valence-electron chi connectivity index (χ1n) is 7.86. The Bertz CT molecular complexity index is 450. The number of hydrogen-bond acceptors (Lipinski definition) is 5. The van der Waals surface area contributed by atoms with Gasteiger partial charge in [-0.15, -0.1) is 11.3 Å². The Morgan fingerprint density at radius 1 is 1.59 bits per heavy atom. The number of hydrogen-bond donors (Lipinski definition) is 1. The summed E-state index contributed by atoms with van der Waals surface area (Å²) in [6.07, 6.45) is 1.09. The molecule has 2 heterocycles. The molecule has 1 aliphatic rings. The van der Waals surface area contributed by atoms with Gasteiger partial charge in [-0.1, -0.05) is 6.07 Å². The molecule has 6 heteroatoms. The van der Waals surface area contributed by atoms with E-state index in [0.717, 1.165) is 26.1 Å². The lowest BCUT2D eigenvalue weighted by Crippen LogP contribution is -2.54. The zero-order valence-corrected chi connectivity index (χ0v) is 14.6. The fourth-order valence-corrected chi connectivity index (χ4v) is 3.40. The van der Waals surface area contributed by atoms with Crippen LogP contribution in [0.5, 0.6) is 0 Å². The molecule has 124 valence electrons. The number of nitrogens with zero attached hydrogens (tertiary/aromatic N) is 2. The van der Waals surface area contributed by atoms with E-state index in [0.29, 0.717) is 13.2 Å². The zero-order chi connectivity index (χ0) is 15.9. The van der Waals surface area contributed by atoms with Crippen LogP contribution >= 0.6 is 11.3 Å². The van der Waals surface area contributed by atoms with Gasteiger partial charge in [0.2, 0.25) is 5.91 Å². The molecular formula is C16H27N3O2S. The van der Waals surface area contributed by atoms with Gasteiger partial charge in [0, 0.05) is 31.1 Å². The van der Waals surface area contributed by atoms with E-state index in [1.165, 1.54) is 4.88 Å². The lowest BCUT2D eigenvalue weighted by molar-refractivity contribution is -0.129. The standard InChI is InChI=1S/C16H27N3O2S/c1-13(16(20)17-7-6-15-5-4-10-22-15)19-8-9-21-14(12-19)11-18(2)3/h4-5,10,13-14H,6-9,11-12H2,1-3H3,(H,17,20)/t13-,14+/m1/s1. The second-order valence-electron chi connectivity index (χ2n) is 6.05. The van der Waals surface area contributed by atoms with Gasteiger partial charge >= 0.3 is 0 Å². The monoisotopic (exact) mass is 325 g/mol. The molecule has 1 aromatic rings. The van der Waals surface area contributed by atoms with Crippen LogP contribution in [0.4, 0.5) is 0 Å². The molecule has 0 spiro atoms. The second-order valence-corrected chi connectivity index (χ2v) is 7.08. The SMILES string of the molecule is C[C@H](C(=O)NCCc1cccs1)N1CCO[C@@H](CN(C)C)C1. The quantitative estimate of drug-likeness (QED) is 0.814. The highest BCUT2D eigenvalue weighted by Gasteiger charge is 2.27. The summed E-state index contributed by atoms with van der Waals surface area (Å²) in [6.45, 7) is 5.92. The maximum absolute atomic E-state index is 12.3. The zero-order valence-electron chi connectivity index (χ0n) is 13.7. The number of ether oxygens (including phenoxy) is 1. The summed E-state index contributed by atoms with van der Waals surface area (Å²) in [4.78, 5) is 18.0. The van der Waals surface area contributed by atoms with Gasteiger partial charge in [0.1, 0.15) is 0 Å². The number of rotatable bonds is 7. The van der Waals surface area contributed by atoms with Crippen LogP contribution in [-0.2, 0) is 16.0 Å². The van der Waals surface area contributed by atoms with Gasteiger partial charge in [0.15, 0.2) is 0 Å². The van der Waals surface area contributed by atoms with Crippen molar-refractivity contribution in [3.05, 3.63) is 22.4 Å². The highest BCUT2D eigenvalue weighted by atomic mass is 32.1. The van der Waals surface area contributed by atoms with Gasteiger partial charge in [-0.05, 0) is 38.9 Å². The Balaban J connectivity index is 1.74. The van der Waals surface area contributed by atoms with Crippen LogP contribution in [0.3, 0.4) is 0 Å². The highest BCUT2D eigenvalue weighted by Crippen LogP contribution is 2.11. The van der Waals surface area contributed by atoms with Crippen molar-refractivity contribution in [3.63, 3.8) is 0 Å². The van der Waals surface area contributed by atoms with Crippen LogP contribution in [-0.4, -0.2) is 74.7 Å². The summed E-state index contributed by atoms with van der Waals surface area (Å²) in [7, 11) is 4.09. The summed E-state index contributed by atoms with van der Waals surface area (Å²) >= 11 is 1.73. The molecule has 0 saturated carbocycles. The summed E-state index contributed by atoms with van der Waals surface area (Å²) in [5.74, 6) is 0.113. The van der Waals surface area contributed by atoms with Crippen molar-refractivity contribution in [1.82, 2.24) is 15.1 Å². The number of carbonyl (C=O) groups excluding carboxylic acids is 1. The molecule has 22 heavy (non-hydrogen) atoms. The van der Waals surface area contributed by atoms with Crippen LogP contribution in [0.1, 0.15) is 11.8 Å². The number of morpholine rings is 1. The van der Waals surface area contributed by atoms with E-state index < -0.39 is 0 Å². The van der Waals surface area contributed by atoms with Crippen LogP contribution in [0, 0.1) is 0 Å². The van der Waals surface area contributed by atoms with E-state index in [2.05, 4.69) is 26.6 Å². The van der Waals surface area contributed by atoms with Crippen LogP contribution < -0.4 is 5.32 Å². The van der Waals surface area contributed by atoms with E-state index in [1.54, 1.807) is 11.3 Å². The summed E-state index contributed by atoms with van der Waals surface area (Å²) < 4.78 is 5.77. The molecule has 0 aromatic carbocycles. The Hall–Kier alpha value is -0.950. The van der Waals surface area contributed by atoms with E-state index in [4.69, 9.17) is 4.74 Å². The van der Waals surface area contributed by atoms with Gasteiger partial charge in [0.25, 0.3) is 0 Å². The number of thiophene rings is 1. The van der Waals surface area contributed by atoms with Crippen molar-refractivity contribution in [1.29, 1.82) is 0 Å². The predicted octanol–water partition coefficient (Wildman–Crippen LogP) is 1.06. The lowest BCUT2D eigenvalue weighted by Gasteiger charge is -2.37. The maximum atomic E-state index is 12.3. The molecule has 1 fully saturated rings. The number of carbonyl (C=O) groups is 1. The van der Waals surface area contributed by atoms with Crippen molar-refractivity contribution < 1.29 is 9.53 Å². The molecule has 0 bridgehead atoms. The molecule has 1 amide bonds. The molecule has 1 aliphatic heterocycles. The van der Waals surface area contributed by atoms with E-state index >= 15 is 0 Å². The van der Waals surface area contributed by atoms with Gasteiger partial charge in [-0.25, -0.2) is 0 Å². The highest BCUT2D eigenvalue weighted by molar-refractivity contribution is 7.09. The lowest BCUT2D eigenvalue weighted by atomic mass is 10.2. The first kappa shape index (κ1) is 17.4. The molecule has 5 nitrogen and oxygen atoms in total. The number of likely N-dealkylation sites (N-methyl/N-ethyl adjacent to an activating group) is 1. The van der Waals surface area contributed by atoms with Gasteiger partial charge < -0.3 is 15.0 Å². The molecule has 1 N–H and O–H groups in total. The minimum atomic E-state index is -0.100. The maximum Gasteiger partial charge on any atom is 0.237 e. The normalized spacial score (nSPS) is 21.0. The summed E-state index contributed by atoms with van der Waals surface area (Å²) in [5.41, 5.74) is 0. The minimum absolute atomic E-state index is 0.100. The molecule has 1 saturated heterocycles. The third kappa shape index (κ3) is 5.35. The van der Waals surface area contributed by atoms with Gasteiger partial charge in [-0.2, -0.15) is 0 Å². The Morgan fingerprint density at radius 3 is 3.09 bits per heavy atom. The fourth-order valence-electron chi connectivity index (χ4n) is 2.69. The molecule has 1 aromatic heterocycles. The summed E-state index contributed by atoms with van der Waals surface area (Å²) in [5, 5.41) is 5.12. The van der Waals surface area contributed by atoms with Crippen molar-refractivity contribution in [2.75, 3.05) is 46.9 Å². The van der Waals surface area contributed by atoms with Crippen LogP contribution in [0.2, 0.25) is 0 Å². The Morgan fingerprint density at radius 2 is 2.41 bits per heavy atom. The van der Waals surface area contributed by atoms with Crippen molar-refractivity contribution in [2.45, 2.75) is 25.5 Å².